The molecule has 1 fully saturated rings. The second-order valence-electron chi connectivity index (χ2n) is 5.03. The molecular weight excluding hydrogens is 278 g/mol. The molecule has 1 aliphatic heterocycles. The van der Waals surface area contributed by atoms with Crippen molar-refractivity contribution in [3.63, 3.8) is 0 Å². The van der Waals surface area contributed by atoms with Crippen LogP contribution in [0.15, 0.2) is 0 Å². The van der Waals surface area contributed by atoms with Crippen LogP contribution in [0.1, 0.15) is 19.3 Å². The van der Waals surface area contributed by atoms with Gasteiger partial charge in [0.05, 0.1) is 6.54 Å². The van der Waals surface area contributed by atoms with E-state index in [0.717, 1.165) is 26.2 Å². The first-order valence-electron chi connectivity index (χ1n) is 6.94. The molecule has 1 rings (SSSR count). The summed E-state index contributed by atoms with van der Waals surface area (Å²) in [4.78, 5) is 34.0. The van der Waals surface area contributed by atoms with Gasteiger partial charge in [0.15, 0.2) is 0 Å². The smallest absolute Gasteiger partial charge is 0.414 e. The van der Waals surface area contributed by atoms with Crippen LogP contribution in [0.2, 0.25) is 0 Å². The monoisotopic (exact) mass is 303 g/mol. The number of likely N-dealkylation sites (N-methyl/N-ethyl adjacent to an activating group) is 1. The van der Waals surface area contributed by atoms with Crippen LogP contribution in [0.3, 0.4) is 0 Å². The van der Waals surface area contributed by atoms with Crippen LogP contribution in [-0.2, 0) is 14.4 Å². The summed E-state index contributed by atoms with van der Waals surface area (Å²) in [6, 6.07) is 0. The lowest BCUT2D eigenvalue weighted by molar-refractivity contribution is -0.159. The maximum absolute atomic E-state index is 11.7. The van der Waals surface area contributed by atoms with Crippen molar-refractivity contribution >= 4 is 17.8 Å². The molecule has 3 N–H and O–H groups in total. The standard InChI is InChI=1S/C11H23N3O.C2H2O4/c1-13(2)9-6-12-10-11(15)14-7-4-3-5-8-14;3-1(4)2(5)6/h12H,3-10H2,1-2H3;(H,3,4)(H,5,6). The number of hydrogen-bond acceptors (Lipinski definition) is 5. The van der Waals surface area contributed by atoms with Gasteiger partial charge >= 0.3 is 11.9 Å². The Hall–Kier alpha value is -1.67. The molecule has 8 heteroatoms. The van der Waals surface area contributed by atoms with Gasteiger partial charge in [-0.15, -0.1) is 0 Å². The number of carbonyl (C=O) groups excluding carboxylic acids is 1. The maximum atomic E-state index is 11.7. The number of amides is 1. The van der Waals surface area contributed by atoms with E-state index in [2.05, 4.69) is 10.2 Å². The molecular formula is C13H25N3O5. The van der Waals surface area contributed by atoms with Gasteiger partial charge in [-0.3, -0.25) is 4.79 Å². The average molecular weight is 303 g/mol. The number of nitrogens with one attached hydrogen (secondary N) is 1. The number of carboxylic acid groups (broad SMARTS) is 2. The lowest BCUT2D eigenvalue weighted by Gasteiger charge is -2.26. The van der Waals surface area contributed by atoms with Crippen molar-refractivity contribution in [3.05, 3.63) is 0 Å². The first-order chi connectivity index (χ1) is 9.84. The maximum Gasteiger partial charge on any atom is 0.414 e. The van der Waals surface area contributed by atoms with Crippen molar-refractivity contribution < 1.29 is 24.6 Å². The molecule has 0 radical (unpaired) electrons. The molecule has 1 aliphatic rings. The Labute approximate surface area is 124 Å². The molecule has 0 unspecified atom stereocenters. The number of piperidine rings is 1. The van der Waals surface area contributed by atoms with Crippen molar-refractivity contribution in [2.75, 3.05) is 46.8 Å². The van der Waals surface area contributed by atoms with Gasteiger partial charge in [-0.2, -0.15) is 0 Å². The molecule has 0 aromatic heterocycles. The summed E-state index contributed by atoms with van der Waals surface area (Å²) in [5.74, 6) is -3.39. The van der Waals surface area contributed by atoms with E-state index in [4.69, 9.17) is 19.8 Å². The second-order valence-corrected chi connectivity index (χ2v) is 5.03. The quantitative estimate of drug-likeness (QED) is 0.455. The van der Waals surface area contributed by atoms with E-state index in [0.29, 0.717) is 6.54 Å². The third-order valence-electron chi connectivity index (χ3n) is 2.90. The van der Waals surface area contributed by atoms with E-state index < -0.39 is 11.9 Å². The number of carboxylic acids is 2. The van der Waals surface area contributed by atoms with Crippen LogP contribution in [-0.4, -0.2) is 84.7 Å². The summed E-state index contributed by atoms with van der Waals surface area (Å²) in [6.07, 6.45) is 3.62. The number of nitrogens with zero attached hydrogens (tertiary/aromatic N) is 2. The normalized spacial score (nSPS) is 14.3. The van der Waals surface area contributed by atoms with Crippen molar-refractivity contribution in [2.24, 2.45) is 0 Å². The SMILES string of the molecule is CN(C)CCNCC(=O)N1CCCCC1.O=C(O)C(=O)O. The third kappa shape index (κ3) is 10.7. The molecule has 1 heterocycles. The van der Waals surface area contributed by atoms with Crippen LogP contribution in [0.25, 0.3) is 0 Å². The minimum atomic E-state index is -1.82. The van der Waals surface area contributed by atoms with E-state index in [1.54, 1.807) is 0 Å². The highest BCUT2D eigenvalue weighted by atomic mass is 16.4. The molecule has 0 aromatic rings. The van der Waals surface area contributed by atoms with Crippen LogP contribution < -0.4 is 5.32 Å². The van der Waals surface area contributed by atoms with Gasteiger partial charge in [-0.05, 0) is 33.4 Å². The highest BCUT2D eigenvalue weighted by Crippen LogP contribution is 2.07. The Morgan fingerprint density at radius 3 is 2.00 bits per heavy atom. The van der Waals surface area contributed by atoms with Gasteiger partial charge in [0, 0.05) is 26.2 Å². The number of likely N-dealkylation sites (tertiary alicyclic amines) is 1. The fraction of sp³-hybridized carbons (Fsp3) is 0.769. The van der Waals surface area contributed by atoms with Crippen LogP contribution in [0.5, 0.6) is 0 Å². The first kappa shape index (κ1) is 19.3. The average Bonchev–Trinajstić information content (AvgIpc) is 2.44. The predicted octanol–water partition coefficient (Wildman–Crippen LogP) is -0.694. The van der Waals surface area contributed by atoms with Crippen LogP contribution >= 0.6 is 0 Å². The van der Waals surface area contributed by atoms with E-state index in [-0.39, 0.29) is 5.91 Å². The Morgan fingerprint density at radius 1 is 1.05 bits per heavy atom. The molecule has 0 saturated carbocycles. The molecule has 0 aromatic carbocycles. The molecule has 21 heavy (non-hydrogen) atoms. The molecule has 8 nitrogen and oxygen atoms in total. The van der Waals surface area contributed by atoms with Crippen molar-refractivity contribution in [1.82, 2.24) is 15.1 Å². The van der Waals surface area contributed by atoms with Crippen molar-refractivity contribution in [1.29, 1.82) is 0 Å². The zero-order valence-corrected chi connectivity index (χ0v) is 12.7. The Kier molecular flexibility index (Phi) is 10.2. The lowest BCUT2D eigenvalue weighted by atomic mass is 10.1. The summed E-state index contributed by atoms with van der Waals surface area (Å²) in [6.45, 7) is 4.26. The van der Waals surface area contributed by atoms with E-state index in [9.17, 15) is 4.79 Å². The highest BCUT2D eigenvalue weighted by Gasteiger charge is 2.15. The molecule has 0 spiro atoms. The summed E-state index contributed by atoms with van der Waals surface area (Å²) in [7, 11) is 4.07. The largest absolute Gasteiger partial charge is 0.473 e. The summed E-state index contributed by atoms with van der Waals surface area (Å²) >= 11 is 0. The summed E-state index contributed by atoms with van der Waals surface area (Å²) in [5.41, 5.74) is 0. The van der Waals surface area contributed by atoms with Crippen molar-refractivity contribution in [3.8, 4) is 0 Å². The van der Waals surface area contributed by atoms with Crippen LogP contribution in [0, 0.1) is 0 Å². The predicted molar refractivity (Wildman–Crippen MR) is 77.1 cm³/mol. The third-order valence-corrected chi connectivity index (χ3v) is 2.90. The molecule has 1 amide bonds. The Morgan fingerprint density at radius 2 is 1.57 bits per heavy atom. The number of hydrogen-bond donors (Lipinski definition) is 3. The van der Waals surface area contributed by atoms with Gasteiger partial charge in [0.25, 0.3) is 0 Å². The van der Waals surface area contributed by atoms with E-state index >= 15 is 0 Å². The second kappa shape index (κ2) is 11.0. The first-order valence-corrected chi connectivity index (χ1v) is 6.94. The topological polar surface area (TPSA) is 110 Å². The fourth-order valence-electron chi connectivity index (χ4n) is 1.75. The minimum absolute atomic E-state index is 0.258. The fourth-order valence-corrected chi connectivity index (χ4v) is 1.75. The highest BCUT2D eigenvalue weighted by molar-refractivity contribution is 6.27. The number of aliphatic carboxylic acids is 2. The zero-order valence-electron chi connectivity index (χ0n) is 12.7. The van der Waals surface area contributed by atoms with E-state index in [1.165, 1.54) is 19.3 Å². The molecule has 0 atom stereocenters. The molecule has 1 saturated heterocycles. The Bertz CT molecular complexity index is 329. The molecule has 122 valence electrons. The van der Waals surface area contributed by atoms with Gasteiger partial charge in [0.2, 0.25) is 5.91 Å². The van der Waals surface area contributed by atoms with E-state index in [1.807, 2.05) is 19.0 Å². The zero-order chi connectivity index (χ0) is 16.3. The van der Waals surface area contributed by atoms with Gasteiger partial charge < -0.3 is 25.3 Å². The van der Waals surface area contributed by atoms with Gasteiger partial charge in [-0.25, -0.2) is 9.59 Å². The van der Waals surface area contributed by atoms with Crippen molar-refractivity contribution in [2.45, 2.75) is 19.3 Å². The number of rotatable bonds is 5. The summed E-state index contributed by atoms with van der Waals surface area (Å²) < 4.78 is 0. The minimum Gasteiger partial charge on any atom is -0.473 e. The van der Waals surface area contributed by atoms with Crippen LogP contribution in [0.4, 0.5) is 0 Å². The Balaban J connectivity index is 0.000000567. The number of carbonyl (C=O) groups is 3. The van der Waals surface area contributed by atoms with Gasteiger partial charge in [-0.1, -0.05) is 0 Å². The molecule has 0 bridgehead atoms. The molecule has 0 aliphatic carbocycles. The lowest BCUT2D eigenvalue weighted by Crippen LogP contribution is -2.42. The summed E-state index contributed by atoms with van der Waals surface area (Å²) in [5, 5.41) is 18.0. The van der Waals surface area contributed by atoms with Gasteiger partial charge in [0.1, 0.15) is 0 Å².